The second-order valence-electron chi connectivity index (χ2n) is 11.6. The quantitative estimate of drug-likeness (QED) is 0.129. The number of benzene rings is 3. The van der Waals surface area contributed by atoms with Gasteiger partial charge in [0.05, 0.1) is 41.5 Å². The van der Waals surface area contributed by atoms with Crippen LogP contribution >= 0.6 is 0 Å². The molecule has 3 aromatic rings. The summed E-state index contributed by atoms with van der Waals surface area (Å²) in [7, 11) is 7.65. The lowest BCUT2D eigenvalue weighted by Crippen LogP contribution is -2.44. The van der Waals surface area contributed by atoms with E-state index in [0.717, 1.165) is 5.56 Å². The average molecular weight is 692 g/mol. The number of carbonyl (C=O) groups excluding carboxylic acids is 2. The zero-order chi connectivity index (χ0) is 36.2. The first-order chi connectivity index (χ1) is 24.2. The summed E-state index contributed by atoms with van der Waals surface area (Å²) in [6, 6.07) is 15.1. The van der Waals surface area contributed by atoms with Crippen LogP contribution in [0.15, 0.2) is 67.3 Å². The number of hydrogen-bond donors (Lipinski definition) is 1. The Labute approximate surface area is 292 Å². The fourth-order valence-electron chi connectivity index (χ4n) is 6.12. The molecule has 0 radical (unpaired) electrons. The maximum absolute atomic E-state index is 14.2. The normalized spacial score (nSPS) is 15.0. The van der Waals surface area contributed by atoms with E-state index >= 15 is 0 Å². The number of nitrogens with zero attached hydrogens (tertiary/aromatic N) is 1. The van der Waals surface area contributed by atoms with E-state index in [0.29, 0.717) is 84.3 Å². The maximum Gasteiger partial charge on any atom is 0.341 e. The number of allylic oxidation sites excluding steroid dienone is 1. The molecule has 50 heavy (non-hydrogen) atoms. The Hall–Kier alpha value is -5.39. The molecule has 1 fully saturated rings. The van der Waals surface area contributed by atoms with Gasteiger partial charge in [0.1, 0.15) is 17.9 Å². The van der Waals surface area contributed by atoms with Crippen molar-refractivity contribution in [3.63, 3.8) is 0 Å². The van der Waals surface area contributed by atoms with Gasteiger partial charge in [-0.1, -0.05) is 24.3 Å². The highest BCUT2D eigenvalue weighted by Gasteiger charge is 2.39. The topological polar surface area (TPSA) is 139 Å². The van der Waals surface area contributed by atoms with E-state index in [1.54, 1.807) is 61.6 Å². The molecule has 0 unspecified atom stereocenters. The highest BCUT2D eigenvalue weighted by Crippen LogP contribution is 2.42. The van der Waals surface area contributed by atoms with Crippen molar-refractivity contribution in [3.05, 3.63) is 83.9 Å². The number of aliphatic carboxylic acids is 1. The van der Waals surface area contributed by atoms with Gasteiger partial charge in [-0.25, -0.2) is 9.59 Å². The Morgan fingerprint density at radius 3 is 2.20 bits per heavy atom. The second-order valence-corrected chi connectivity index (χ2v) is 11.6. The number of methoxy groups -OCH3 is 5. The lowest BCUT2D eigenvalue weighted by Gasteiger charge is -2.29. The molecular weight excluding hydrogens is 646 g/mol. The molecule has 1 aliphatic rings. The van der Waals surface area contributed by atoms with Crippen LogP contribution in [0.3, 0.4) is 0 Å². The minimum absolute atomic E-state index is 0.246. The van der Waals surface area contributed by atoms with E-state index in [2.05, 4.69) is 6.58 Å². The molecule has 268 valence electrons. The van der Waals surface area contributed by atoms with Crippen molar-refractivity contribution in [3.8, 4) is 34.5 Å². The number of carboxylic acids is 1. The van der Waals surface area contributed by atoms with Crippen LogP contribution in [0.5, 0.6) is 34.5 Å². The molecule has 0 spiro atoms. The summed E-state index contributed by atoms with van der Waals surface area (Å²) in [5.74, 6) is 0.157. The van der Waals surface area contributed by atoms with Crippen LogP contribution < -0.4 is 28.4 Å². The van der Waals surface area contributed by atoms with Gasteiger partial charge in [-0.3, -0.25) is 4.79 Å². The first-order valence-corrected chi connectivity index (χ1v) is 16.2. The van der Waals surface area contributed by atoms with Gasteiger partial charge in [-0.05, 0) is 85.2 Å². The Bertz CT molecular complexity index is 1630. The zero-order valence-electron chi connectivity index (χ0n) is 29.1. The van der Waals surface area contributed by atoms with Crippen LogP contribution in [0.4, 0.5) is 0 Å². The van der Waals surface area contributed by atoms with Crippen LogP contribution in [-0.2, 0) is 25.5 Å². The molecule has 0 saturated carbocycles. The number of esters is 1. The molecule has 0 bridgehead atoms. The number of carboxylic acid groups (broad SMARTS) is 1. The van der Waals surface area contributed by atoms with Crippen LogP contribution in [0, 0.1) is 0 Å². The fourth-order valence-corrected chi connectivity index (χ4v) is 6.12. The van der Waals surface area contributed by atoms with Crippen LogP contribution in [0.25, 0.3) is 0 Å². The first-order valence-electron chi connectivity index (χ1n) is 16.2. The molecule has 1 N–H and O–H groups in total. The summed E-state index contributed by atoms with van der Waals surface area (Å²) in [5, 5.41) is 9.11. The number of ether oxygens (including phenoxy) is 7. The first kappa shape index (κ1) is 37.4. The zero-order valence-corrected chi connectivity index (χ0v) is 29.1. The molecule has 0 aromatic heterocycles. The van der Waals surface area contributed by atoms with E-state index in [4.69, 9.17) is 38.3 Å². The largest absolute Gasteiger partial charge is 0.493 e. The van der Waals surface area contributed by atoms with E-state index in [1.807, 2.05) is 18.2 Å². The summed E-state index contributed by atoms with van der Waals surface area (Å²) < 4.78 is 39.0. The molecule has 1 heterocycles. The third kappa shape index (κ3) is 8.99. The summed E-state index contributed by atoms with van der Waals surface area (Å²) in [6.07, 6.45) is 3.19. The number of likely N-dealkylation sites (tertiary alicyclic amines) is 1. The Morgan fingerprint density at radius 1 is 0.880 bits per heavy atom. The van der Waals surface area contributed by atoms with E-state index < -0.39 is 36.6 Å². The van der Waals surface area contributed by atoms with E-state index in [1.165, 1.54) is 21.3 Å². The molecule has 12 nitrogen and oxygen atoms in total. The van der Waals surface area contributed by atoms with Gasteiger partial charge in [-0.2, -0.15) is 0 Å². The molecule has 3 atom stereocenters. The van der Waals surface area contributed by atoms with Crippen LogP contribution in [0.1, 0.15) is 54.4 Å². The lowest BCUT2D eigenvalue weighted by atomic mass is 9.93. The SMILES string of the molecule is C=CC[C@H](C(=O)N1CCC[C@H]1C(=O)O[C@H](CCc1ccc(OC)c(OC)c1)c1cccc(OCC(=O)O)c1)c1cc(OC)c(OC)c(OC)c1. The van der Waals surface area contributed by atoms with Gasteiger partial charge in [0, 0.05) is 6.54 Å². The monoisotopic (exact) mass is 691 g/mol. The highest BCUT2D eigenvalue weighted by molar-refractivity contribution is 5.90. The Balaban J connectivity index is 1.61. The molecule has 0 aliphatic carbocycles. The molecule has 1 amide bonds. The average Bonchev–Trinajstić information content (AvgIpc) is 3.64. The summed E-state index contributed by atoms with van der Waals surface area (Å²) in [5.41, 5.74) is 2.19. The molecule has 1 aliphatic heterocycles. The number of aryl methyl sites for hydroxylation is 1. The molecule has 12 heteroatoms. The third-order valence-corrected chi connectivity index (χ3v) is 8.59. The van der Waals surface area contributed by atoms with Crippen molar-refractivity contribution in [1.82, 2.24) is 4.90 Å². The van der Waals surface area contributed by atoms with Gasteiger partial charge < -0.3 is 43.2 Å². The minimum Gasteiger partial charge on any atom is -0.493 e. The number of hydrogen-bond acceptors (Lipinski definition) is 10. The minimum atomic E-state index is -1.11. The van der Waals surface area contributed by atoms with Crippen molar-refractivity contribution in [2.75, 3.05) is 48.7 Å². The van der Waals surface area contributed by atoms with Gasteiger partial charge in [0.25, 0.3) is 0 Å². The smallest absolute Gasteiger partial charge is 0.341 e. The van der Waals surface area contributed by atoms with Crippen molar-refractivity contribution < 1.29 is 52.6 Å². The number of rotatable bonds is 18. The van der Waals surface area contributed by atoms with Gasteiger partial charge in [-0.15, -0.1) is 6.58 Å². The molecule has 3 aromatic carbocycles. The molecule has 4 rings (SSSR count). The second kappa shape index (κ2) is 17.8. The third-order valence-electron chi connectivity index (χ3n) is 8.59. The molecular formula is C38H45NO11. The fraction of sp³-hybridized carbons (Fsp3) is 0.395. The van der Waals surface area contributed by atoms with Crippen LogP contribution in [0.2, 0.25) is 0 Å². The van der Waals surface area contributed by atoms with Crippen LogP contribution in [-0.4, -0.2) is 82.6 Å². The van der Waals surface area contributed by atoms with Crippen molar-refractivity contribution in [2.45, 2.75) is 50.2 Å². The molecule has 1 saturated heterocycles. The maximum atomic E-state index is 14.2. The van der Waals surface area contributed by atoms with Crippen molar-refractivity contribution in [1.29, 1.82) is 0 Å². The summed E-state index contributed by atoms with van der Waals surface area (Å²) in [6.45, 7) is 3.73. The standard InChI is InChI=1S/C38H45NO11/c1-7-10-28(26-21-33(46-4)36(48-6)34(22-26)47-5)37(42)39-18-9-13-29(39)38(43)50-30(25-11-8-12-27(20-25)49-23-35(40)41)16-14-24-15-17-31(44-2)32(19-24)45-3/h7-8,11-12,15,17,19-22,28-30H,1,9-10,13-14,16,18,23H2,2-6H3,(H,40,41)/t28-,29-,30+/m0/s1. The predicted molar refractivity (Wildman–Crippen MR) is 185 cm³/mol. The summed E-state index contributed by atoms with van der Waals surface area (Å²) in [4.78, 5) is 40.9. The Kier molecular flexibility index (Phi) is 13.4. The van der Waals surface area contributed by atoms with E-state index in [-0.39, 0.29) is 5.91 Å². The predicted octanol–water partition coefficient (Wildman–Crippen LogP) is 5.76. The summed E-state index contributed by atoms with van der Waals surface area (Å²) >= 11 is 0. The van der Waals surface area contributed by atoms with Crippen molar-refractivity contribution in [2.24, 2.45) is 0 Å². The van der Waals surface area contributed by atoms with E-state index in [9.17, 15) is 14.4 Å². The lowest BCUT2D eigenvalue weighted by molar-refractivity contribution is -0.159. The van der Waals surface area contributed by atoms with Crippen molar-refractivity contribution >= 4 is 17.8 Å². The van der Waals surface area contributed by atoms with Gasteiger partial charge >= 0.3 is 11.9 Å². The Morgan fingerprint density at radius 2 is 1.58 bits per heavy atom. The van der Waals surface area contributed by atoms with Gasteiger partial charge in [0.2, 0.25) is 11.7 Å². The highest BCUT2D eigenvalue weighted by atomic mass is 16.5. The number of carbonyl (C=O) groups is 3. The number of amides is 1. The van der Waals surface area contributed by atoms with Gasteiger partial charge in [0.15, 0.2) is 29.6 Å².